The molecule has 2 atom stereocenters. The Morgan fingerprint density at radius 3 is 1.23 bits per heavy atom. The van der Waals surface area contributed by atoms with Gasteiger partial charge in [-0.05, 0) is 51.4 Å². The van der Waals surface area contributed by atoms with Gasteiger partial charge >= 0.3 is 19.8 Å². The number of hydrogen-bond acceptors (Lipinski definition) is 7. The third-order valence-electron chi connectivity index (χ3n) is 12.6. The second kappa shape index (κ2) is 50.9. The van der Waals surface area contributed by atoms with E-state index >= 15 is 0 Å². The molecule has 0 aromatic heterocycles. The van der Waals surface area contributed by atoms with Crippen LogP contribution in [-0.4, -0.2) is 74.9 Å². The molecule has 0 aromatic rings. The first-order valence-corrected chi connectivity index (χ1v) is 30.4. The maximum Gasteiger partial charge on any atom is 0.472 e. The summed E-state index contributed by atoms with van der Waals surface area (Å²) in [5.41, 5.74) is 0. The van der Waals surface area contributed by atoms with E-state index < -0.39 is 26.5 Å². The van der Waals surface area contributed by atoms with Crippen LogP contribution in [0.5, 0.6) is 0 Å². The number of carbonyl (C=O) groups excluding carboxylic acids is 2. The Hall–Kier alpha value is -2.03. The van der Waals surface area contributed by atoms with Crippen LogP contribution < -0.4 is 0 Å². The second-order valence-corrected chi connectivity index (χ2v) is 22.1. The van der Waals surface area contributed by atoms with Crippen LogP contribution in [0.15, 0.2) is 48.6 Å². The smallest absolute Gasteiger partial charge is 0.462 e. The molecule has 0 saturated carbocycles. The van der Waals surface area contributed by atoms with Gasteiger partial charge in [0.25, 0.3) is 0 Å². The number of phosphoric ester groups is 1. The molecule has 0 fully saturated rings. The summed E-state index contributed by atoms with van der Waals surface area (Å²) >= 11 is 0. The van der Waals surface area contributed by atoms with Crippen molar-refractivity contribution in [3.63, 3.8) is 0 Å². The van der Waals surface area contributed by atoms with Crippen LogP contribution >= 0.6 is 7.82 Å². The summed E-state index contributed by atoms with van der Waals surface area (Å²) < 4.78 is 34.4. The van der Waals surface area contributed by atoms with Gasteiger partial charge in [0.2, 0.25) is 0 Å². The number of nitrogens with zero attached hydrogens (tertiary/aromatic N) is 1. The Kier molecular flexibility index (Phi) is 49.4. The van der Waals surface area contributed by atoms with Gasteiger partial charge in [0.05, 0.1) is 27.7 Å². The molecule has 0 radical (unpaired) electrons. The van der Waals surface area contributed by atoms with Gasteiger partial charge in [-0.2, -0.15) is 0 Å². The van der Waals surface area contributed by atoms with Crippen molar-refractivity contribution in [2.75, 3.05) is 47.5 Å². The summed E-state index contributed by atoms with van der Waals surface area (Å²) in [5, 5.41) is 0. The number of hydrogen-bond donors (Lipinski definition) is 1. The van der Waals surface area contributed by atoms with Crippen LogP contribution in [0.25, 0.3) is 0 Å². The molecule has 0 spiro atoms. The number of rotatable bonds is 53. The van der Waals surface area contributed by atoms with E-state index in [1.54, 1.807) is 0 Å². The molecule has 0 aliphatic rings. The molecule has 0 heterocycles. The third-order valence-corrected chi connectivity index (χ3v) is 13.6. The molecule has 0 aromatic carbocycles. The minimum Gasteiger partial charge on any atom is -0.462 e. The molecule has 0 aliphatic carbocycles. The minimum absolute atomic E-state index is 0.0342. The lowest BCUT2D eigenvalue weighted by Gasteiger charge is -2.24. The lowest BCUT2D eigenvalue weighted by molar-refractivity contribution is -0.870. The van der Waals surface area contributed by atoms with E-state index in [-0.39, 0.29) is 25.6 Å². The molecular formula is C59H111NO8P+. The Morgan fingerprint density at radius 2 is 0.826 bits per heavy atom. The monoisotopic (exact) mass is 993 g/mol. The largest absolute Gasteiger partial charge is 0.472 e. The van der Waals surface area contributed by atoms with Crippen LogP contribution in [0.3, 0.4) is 0 Å². The molecule has 0 amide bonds. The fraction of sp³-hybridized carbons (Fsp3) is 0.831. The number of esters is 2. The van der Waals surface area contributed by atoms with Crippen LogP contribution in [-0.2, 0) is 32.7 Å². The number of phosphoric acid groups is 1. The maximum absolute atomic E-state index is 12.8. The standard InChI is InChI=1S/C59H110NO8P/c1-6-8-10-12-14-16-18-19-20-21-22-23-24-25-26-27-28-29-30-31-32-33-34-35-36-37-38-39-40-41-42-44-46-48-50-52-59(62)68-57(56-67-69(63,64)66-54-53-60(3,4)5)55-65-58(61)51-49-47-45-43-17-15-13-11-9-7-2/h8,10,14,16,19-20,22-23,57H,6-7,9,11-13,15,17-18,21,24-56H2,1-5H3/p+1/b10-8-,16-14-,20-19-,23-22-. The fourth-order valence-electron chi connectivity index (χ4n) is 8.19. The van der Waals surface area contributed by atoms with Gasteiger partial charge in [0.15, 0.2) is 6.10 Å². The molecule has 0 aliphatic heterocycles. The van der Waals surface area contributed by atoms with Gasteiger partial charge in [-0.15, -0.1) is 0 Å². The molecule has 9 nitrogen and oxygen atoms in total. The lowest BCUT2D eigenvalue weighted by atomic mass is 10.0. The van der Waals surface area contributed by atoms with Crippen molar-refractivity contribution in [2.45, 2.75) is 270 Å². The number of likely N-dealkylation sites (N-methyl/N-ethyl adjacent to an activating group) is 1. The molecular weight excluding hydrogens is 882 g/mol. The van der Waals surface area contributed by atoms with Crippen molar-refractivity contribution < 1.29 is 42.1 Å². The summed E-state index contributed by atoms with van der Waals surface area (Å²) in [7, 11) is 1.49. The van der Waals surface area contributed by atoms with E-state index in [1.165, 1.54) is 173 Å². The predicted molar refractivity (Wildman–Crippen MR) is 293 cm³/mol. The molecule has 69 heavy (non-hydrogen) atoms. The molecule has 404 valence electrons. The van der Waals surface area contributed by atoms with Crippen molar-refractivity contribution in [2.24, 2.45) is 0 Å². The molecule has 2 unspecified atom stereocenters. The summed E-state index contributed by atoms with van der Waals surface area (Å²) in [6.45, 7) is 4.33. The highest BCUT2D eigenvalue weighted by Crippen LogP contribution is 2.43. The number of carbonyl (C=O) groups is 2. The first-order chi connectivity index (χ1) is 33.5. The summed E-state index contributed by atoms with van der Waals surface area (Å²) in [5.74, 6) is -0.787. The van der Waals surface area contributed by atoms with Gasteiger partial charge < -0.3 is 18.9 Å². The number of quaternary nitrogens is 1. The Balaban J connectivity index is 3.91. The Morgan fingerprint density at radius 1 is 0.464 bits per heavy atom. The van der Waals surface area contributed by atoms with Gasteiger partial charge in [0.1, 0.15) is 19.8 Å². The Labute approximate surface area is 426 Å². The molecule has 1 N–H and O–H groups in total. The maximum atomic E-state index is 12.8. The van der Waals surface area contributed by atoms with Crippen molar-refractivity contribution in [3.05, 3.63) is 48.6 Å². The van der Waals surface area contributed by atoms with E-state index in [0.29, 0.717) is 23.9 Å². The van der Waals surface area contributed by atoms with E-state index in [9.17, 15) is 19.0 Å². The minimum atomic E-state index is -4.37. The zero-order valence-electron chi connectivity index (χ0n) is 45.8. The van der Waals surface area contributed by atoms with E-state index in [0.717, 1.165) is 57.8 Å². The highest BCUT2D eigenvalue weighted by Gasteiger charge is 2.27. The average molecular weight is 994 g/mol. The van der Waals surface area contributed by atoms with Crippen LogP contribution in [0.4, 0.5) is 0 Å². The lowest BCUT2D eigenvalue weighted by Crippen LogP contribution is -2.37. The van der Waals surface area contributed by atoms with E-state index in [1.807, 2.05) is 21.1 Å². The fourth-order valence-corrected chi connectivity index (χ4v) is 8.93. The number of ether oxygens (including phenoxy) is 2. The van der Waals surface area contributed by atoms with Crippen molar-refractivity contribution >= 4 is 19.8 Å². The highest BCUT2D eigenvalue weighted by atomic mass is 31.2. The summed E-state index contributed by atoms with van der Waals surface area (Å²) in [6.07, 6.45) is 63.5. The average Bonchev–Trinajstić information content (AvgIpc) is 3.31. The zero-order chi connectivity index (χ0) is 50.6. The van der Waals surface area contributed by atoms with E-state index in [2.05, 4.69) is 62.5 Å². The predicted octanol–water partition coefficient (Wildman–Crippen LogP) is 17.8. The number of allylic oxidation sites excluding steroid dienone is 8. The van der Waals surface area contributed by atoms with E-state index in [4.69, 9.17) is 18.5 Å². The summed E-state index contributed by atoms with van der Waals surface area (Å²) in [6, 6.07) is 0. The van der Waals surface area contributed by atoms with Crippen LogP contribution in [0.2, 0.25) is 0 Å². The first kappa shape index (κ1) is 67.0. The van der Waals surface area contributed by atoms with Gasteiger partial charge in [-0.1, -0.05) is 249 Å². The zero-order valence-corrected chi connectivity index (χ0v) is 46.7. The van der Waals surface area contributed by atoms with Crippen molar-refractivity contribution in [3.8, 4) is 0 Å². The topological polar surface area (TPSA) is 108 Å². The molecule has 0 rings (SSSR count). The normalized spacial score (nSPS) is 13.7. The first-order valence-electron chi connectivity index (χ1n) is 28.9. The molecule has 0 saturated heterocycles. The Bertz CT molecular complexity index is 1310. The van der Waals surface area contributed by atoms with Crippen LogP contribution in [0.1, 0.15) is 264 Å². The highest BCUT2D eigenvalue weighted by molar-refractivity contribution is 7.47. The SMILES string of the molecule is CC/C=C\C/C=C\C/C=C\C/C=C\CCCCCCCCCCCCCCCCCCCCCCCCC(=O)OC(COC(=O)CCCCCCCCCCCC)COP(=O)(O)OCC[N+](C)(C)C. The van der Waals surface area contributed by atoms with Gasteiger partial charge in [-0.3, -0.25) is 18.6 Å². The quantitative estimate of drug-likeness (QED) is 0.0211. The third kappa shape index (κ3) is 55.1. The van der Waals surface area contributed by atoms with Crippen molar-refractivity contribution in [1.82, 2.24) is 0 Å². The molecule has 0 bridgehead atoms. The molecule has 10 heteroatoms. The van der Waals surface area contributed by atoms with Crippen molar-refractivity contribution in [1.29, 1.82) is 0 Å². The van der Waals surface area contributed by atoms with Gasteiger partial charge in [0, 0.05) is 12.8 Å². The second-order valence-electron chi connectivity index (χ2n) is 20.7. The van der Waals surface area contributed by atoms with Gasteiger partial charge in [-0.25, -0.2) is 4.57 Å². The summed E-state index contributed by atoms with van der Waals surface area (Å²) in [4.78, 5) is 35.5. The number of unbranched alkanes of at least 4 members (excludes halogenated alkanes) is 31. The van der Waals surface area contributed by atoms with Crippen LogP contribution in [0, 0.1) is 0 Å².